The molecule has 0 radical (unpaired) electrons. The van der Waals surface area contributed by atoms with Gasteiger partial charge in [0.2, 0.25) is 5.89 Å². The van der Waals surface area contributed by atoms with Crippen LogP contribution in [0.3, 0.4) is 0 Å². The second-order valence-electron chi connectivity index (χ2n) is 7.17. The Morgan fingerprint density at radius 1 is 1.27 bits per heavy atom. The fourth-order valence-electron chi connectivity index (χ4n) is 2.32. The average Bonchev–Trinajstić information content (AvgIpc) is 3.14. The second-order valence-corrected chi connectivity index (χ2v) is 7.17. The molecule has 0 saturated heterocycles. The van der Waals surface area contributed by atoms with Gasteiger partial charge in [-0.1, -0.05) is 25.9 Å². The zero-order valence-electron chi connectivity index (χ0n) is 17.7. The lowest BCUT2D eigenvalue weighted by molar-refractivity contribution is -0.0504. The third kappa shape index (κ3) is 7.92. The maximum Gasteiger partial charge on any atom is 0.387 e. The average molecular weight is 539 g/mol. The number of aliphatic imine (C=N–C) groups is 1. The summed E-state index contributed by atoms with van der Waals surface area (Å²) in [5.41, 5.74) is 0.230. The summed E-state index contributed by atoms with van der Waals surface area (Å²) >= 11 is 0. The fourth-order valence-corrected chi connectivity index (χ4v) is 2.32. The molecule has 8 nitrogen and oxygen atoms in total. The molecule has 2 N–H and O–H groups in total. The molecule has 2 aromatic rings. The highest BCUT2D eigenvalue weighted by Gasteiger charge is 2.21. The highest BCUT2D eigenvalue weighted by molar-refractivity contribution is 14.0. The molecule has 1 aromatic carbocycles. The van der Waals surface area contributed by atoms with E-state index in [0.29, 0.717) is 42.1 Å². The van der Waals surface area contributed by atoms with Gasteiger partial charge in [-0.2, -0.15) is 13.8 Å². The number of hydrogen-bond donors (Lipinski definition) is 2. The van der Waals surface area contributed by atoms with Crippen molar-refractivity contribution >= 4 is 29.9 Å². The second kappa shape index (κ2) is 11.9. The number of ether oxygens (including phenoxy) is 2. The third-order valence-corrected chi connectivity index (χ3v) is 3.76. The van der Waals surface area contributed by atoms with E-state index in [4.69, 9.17) is 9.26 Å². The Bertz CT molecular complexity index is 825. The molecule has 1 heterocycles. The SMILES string of the molecule is CCNC(=NCc1cc(OC)ccc1OC(F)F)NCc1noc(C(C)(C)C)n1.I. The quantitative estimate of drug-likeness (QED) is 0.299. The molecule has 30 heavy (non-hydrogen) atoms. The number of rotatable bonds is 8. The van der Waals surface area contributed by atoms with Crippen LogP contribution in [0.5, 0.6) is 11.5 Å². The van der Waals surface area contributed by atoms with Crippen LogP contribution < -0.4 is 20.1 Å². The Balaban J connectivity index is 0.00000450. The number of methoxy groups -OCH3 is 1. The minimum Gasteiger partial charge on any atom is -0.497 e. The van der Waals surface area contributed by atoms with Crippen molar-refractivity contribution in [1.29, 1.82) is 0 Å². The molecule has 0 aliphatic rings. The van der Waals surface area contributed by atoms with Gasteiger partial charge in [0.05, 0.1) is 20.2 Å². The number of hydrogen-bond acceptors (Lipinski definition) is 6. The molecule has 0 fully saturated rings. The minimum absolute atomic E-state index is 0. The van der Waals surface area contributed by atoms with Crippen molar-refractivity contribution in [3.05, 3.63) is 35.5 Å². The lowest BCUT2D eigenvalue weighted by atomic mass is 9.97. The number of nitrogens with one attached hydrogen (secondary N) is 2. The summed E-state index contributed by atoms with van der Waals surface area (Å²) < 4.78 is 40.3. The van der Waals surface area contributed by atoms with Crippen molar-refractivity contribution in [2.45, 2.75) is 52.8 Å². The summed E-state index contributed by atoms with van der Waals surface area (Å²) in [7, 11) is 1.50. The van der Waals surface area contributed by atoms with Crippen LogP contribution in [0, 0.1) is 0 Å². The molecular formula is C19H28F2IN5O3. The standard InChI is InChI=1S/C19H27F2N5O3.HI/c1-6-22-18(24-11-15-25-16(29-26-15)19(2,3)4)23-10-12-9-13(27-5)7-8-14(12)28-17(20)21;/h7-9,17H,6,10-11H2,1-5H3,(H2,22,23,24);1H. The number of benzene rings is 1. The van der Waals surface area contributed by atoms with Crippen molar-refractivity contribution in [3.63, 3.8) is 0 Å². The lowest BCUT2D eigenvalue weighted by Gasteiger charge is -2.13. The van der Waals surface area contributed by atoms with Crippen LogP contribution >= 0.6 is 24.0 Å². The van der Waals surface area contributed by atoms with Crippen LogP contribution in [0.1, 0.15) is 45.0 Å². The molecule has 0 bridgehead atoms. The summed E-state index contributed by atoms with van der Waals surface area (Å²) in [6, 6.07) is 4.60. The molecule has 0 saturated carbocycles. The van der Waals surface area contributed by atoms with Gasteiger partial charge in [-0.25, -0.2) is 4.99 Å². The largest absolute Gasteiger partial charge is 0.497 e. The summed E-state index contributed by atoms with van der Waals surface area (Å²) in [5.74, 6) is 2.08. The molecule has 0 amide bonds. The molecule has 0 aliphatic heterocycles. The number of guanidine groups is 1. The molecule has 0 unspecified atom stereocenters. The highest BCUT2D eigenvalue weighted by atomic mass is 127. The Hall–Kier alpha value is -2.18. The third-order valence-electron chi connectivity index (χ3n) is 3.76. The Labute approximate surface area is 191 Å². The first-order valence-electron chi connectivity index (χ1n) is 9.20. The molecular weight excluding hydrogens is 511 g/mol. The first-order chi connectivity index (χ1) is 13.7. The van der Waals surface area contributed by atoms with Gasteiger partial charge in [0.15, 0.2) is 11.8 Å². The smallest absolute Gasteiger partial charge is 0.387 e. The summed E-state index contributed by atoms with van der Waals surface area (Å²) in [6.07, 6.45) is 0. The maximum atomic E-state index is 12.7. The van der Waals surface area contributed by atoms with E-state index in [1.54, 1.807) is 12.1 Å². The molecule has 0 atom stereocenters. The van der Waals surface area contributed by atoms with Gasteiger partial charge in [-0.3, -0.25) is 0 Å². The molecule has 0 spiro atoms. The van der Waals surface area contributed by atoms with Crippen molar-refractivity contribution in [1.82, 2.24) is 20.8 Å². The first-order valence-corrected chi connectivity index (χ1v) is 9.20. The zero-order valence-corrected chi connectivity index (χ0v) is 20.0. The van der Waals surface area contributed by atoms with Crippen LogP contribution in [-0.2, 0) is 18.5 Å². The van der Waals surface area contributed by atoms with Crippen LogP contribution in [0.2, 0.25) is 0 Å². The van der Waals surface area contributed by atoms with Gasteiger partial charge in [0.1, 0.15) is 11.5 Å². The van der Waals surface area contributed by atoms with Crippen molar-refractivity contribution in [2.24, 2.45) is 4.99 Å². The molecule has 0 aliphatic carbocycles. The highest BCUT2D eigenvalue weighted by Crippen LogP contribution is 2.26. The number of nitrogens with zero attached hydrogens (tertiary/aromatic N) is 3. The van der Waals surface area contributed by atoms with E-state index in [-0.39, 0.29) is 41.7 Å². The first kappa shape index (κ1) is 25.9. The molecule has 1 aromatic heterocycles. The van der Waals surface area contributed by atoms with Crippen molar-refractivity contribution < 1.29 is 22.8 Å². The van der Waals surface area contributed by atoms with Crippen LogP contribution in [0.4, 0.5) is 8.78 Å². The zero-order chi connectivity index (χ0) is 21.4. The Morgan fingerprint density at radius 3 is 2.57 bits per heavy atom. The van der Waals surface area contributed by atoms with Gasteiger partial charge in [0, 0.05) is 17.5 Å². The molecule has 2 rings (SSSR count). The van der Waals surface area contributed by atoms with Gasteiger partial charge in [-0.15, -0.1) is 24.0 Å². The van der Waals surface area contributed by atoms with Gasteiger partial charge < -0.3 is 24.6 Å². The monoisotopic (exact) mass is 539 g/mol. The number of aromatic nitrogens is 2. The van der Waals surface area contributed by atoms with E-state index < -0.39 is 6.61 Å². The summed E-state index contributed by atoms with van der Waals surface area (Å²) in [5, 5.41) is 10.1. The van der Waals surface area contributed by atoms with Crippen LogP contribution in [-0.4, -0.2) is 36.4 Å². The molecule has 168 valence electrons. The Kier molecular flexibility index (Phi) is 10.2. The van der Waals surface area contributed by atoms with Crippen LogP contribution in [0.15, 0.2) is 27.7 Å². The van der Waals surface area contributed by atoms with E-state index >= 15 is 0 Å². The van der Waals surface area contributed by atoms with Gasteiger partial charge in [-0.05, 0) is 25.1 Å². The number of alkyl halides is 2. The van der Waals surface area contributed by atoms with E-state index in [1.807, 2.05) is 27.7 Å². The minimum atomic E-state index is -2.92. The van der Waals surface area contributed by atoms with Crippen molar-refractivity contribution in [3.8, 4) is 11.5 Å². The summed E-state index contributed by atoms with van der Waals surface area (Å²) in [4.78, 5) is 8.78. The number of halogens is 3. The normalized spacial score (nSPS) is 11.8. The van der Waals surface area contributed by atoms with Gasteiger partial charge >= 0.3 is 6.61 Å². The van der Waals surface area contributed by atoms with E-state index in [0.717, 1.165) is 0 Å². The predicted molar refractivity (Wildman–Crippen MR) is 120 cm³/mol. The van der Waals surface area contributed by atoms with E-state index in [2.05, 4.69) is 30.5 Å². The summed E-state index contributed by atoms with van der Waals surface area (Å²) in [6.45, 7) is 5.96. The van der Waals surface area contributed by atoms with Gasteiger partial charge in [0.25, 0.3) is 0 Å². The lowest BCUT2D eigenvalue weighted by Crippen LogP contribution is -2.37. The van der Waals surface area contributed by atoms with Crippen LogP contribution in [0.25, 0.3) is 0 Å². The Morgan fingerprint density at radius 2 is 2.00 bits per heavy atom. The van der Waals surface area contributed by atoms with E-state index in [1.165, 1.54) is 13.2 Å². The fraction of sp³-hybridized carbons (Fsp3) is 0.526. The maximum absolute atomic E-state index is 12.7. The molecule has 11 heteroatoms. The van der Waals surface area contributed by atoms with Crippen molar-refractivity contribution in [2.75, 3.05) is 13.7 Å². The van der Waals surface area contributed by atoms with E-state index in [9.17, 15) is 8.78 Å². The predicted octanol–water partition coefficient (Wildman–Crippen LogP) is 3.85. The topological polar surface area (TPSA) is 93.8 Å².